The van der Waals surface area contributed by atoms with Crippen LogP contribution >= 0.6 is 11.3 Å². The number of nitrogens with one attached hydrogen (secondary N) is 1. The number of carbonyl (C=O) groups excluding carboxylic acids is 1. The molecule has 0 aliphatic rings. The van der Waals surface area contributed by atoms with E-state index in [4.69, 9.17) is 4.52 Å². The summed E-state index contributed by atoms with van der Waals surface area (Å²) in [4.78, 5) is 22.2. The molecule has 136 valence electrons. The molecule has 1 amide bonds. The Hall–Kier alpha value is -3.26. The number of amides is 1. The van der Waals surface area contributed by atoms with E-state index in [0.717, 1.165) is 10.4 Å². The fourth-order valence-electron chi connectivity index (χ4n) is 2.61. The van der Waals surface area contributed by atoms with Crippen molar-refractivity contribution in [3.05, 3.63) is 64.7 Å². The predicted octanol–water partition coefficient (Wildman–Crippen LogP) is 3.29. The van der Waals surface area contributed by atoms with Gasteiger partial charge in [-0.3, -0.25) is 4.79 Å². The Morgan fingerprint density at radius 2 is 2.04 bits per heavy atom. The normalized spacial score (nSPS) is 10.9. The summed E-state index contributed by atoms with van der Waals surface area (Å²) in [6.07, 6.45) is 1.76. The zero-order chi connectivity index (χ0) is 18.6. The molecule has 0 atom stereocenters. The van der Waals surface area contributed by atoms with Crippen LogP contribution in [-0.2, 0) is 17.9 Å². The van der Waals surface area contributed by atoms with Gasteiger partial charge in [0.25, 0.3) is 5.89 Å². The van der Waals surface area contributed by atoms with Gasteiger partial charge in [0.1, 0.15) is 18.1 Å². The number of nitrogens with zero attached hydrogens (tertiary/aromatic N) is 4. The minimum Gasteiger partial charge on any atom is -0.350 e. The van der Waals surface area contributed by atoms with Crippen LogP contribution in [0.15, 0.2) is 58.6 Å². The Balaban J connectivity index is 1.45. The van der Waals surface area contributed by atoms with Gasteiger partial charge in [0.05, 0.1) is 6.54 Å². The highest BCUT2D eigenvalue weighted by atomic mass is 32.1. The topological polar surface area (TPSA) is 85.8 Å². The lowest BCUT2D eigenvalue weighted by Crippen LogP contribution is -2.26. The van der Waals surface area contributed by atoms with Crippen molar-refractivity contribution in [1.29, 1.82) is 0 Å². The van der Waals surface area contributed by atoms with Gasteiger partial charge in [-0.2, -0.15) is 4.98 Å². The van der Waals surface area contributed by atoms with Crippen LogP contribution in [0, 0.1) is 6.92 Å². The SMILES string of the molecule is Cc1nc(-c2noc(-c3ccccc3)n2)cn1CC(=O)NCc1cccs1. The molecule has 0 bridgehead atoms. The van der Waals surface area contributed by atoms with E-state index in [2.05, 4.69) is 20.4 Å². The summed E-state index contributed by atoms with van der Waals surface area (Å²) >= 11 is 1.62. The van der Waals surface area contributed by atoms with Crippen LogP contribution in [0.25, 0.3) is 23.0 Å². The smallest absolute Gasteiger partial charge is 0.258 e. The Labute approximate surface area is 159 Å². The van der Waals surface area contributed by atoms with Gasteiger partial charge in [0, 0.05) is 16.6 Å². The van der Waals surface area contributed by atoms with Gasteiger partial charge in [-0.05, 0) is 30.5 Å². The van der Waals surface area contributed by atoms with Crippen LogP contribution in [0.3, 0.4) is 0 Å². The summed E-state index contributed by atoms with van der Waals surface area (Å²) in [5.41, 5.74) is 1.42. The van der Waals surface area contributed by atoms with Gasteiger partial charge in [0.2, 0.25) is 11.7 Å². The number of aromatic nitrogens is 4. The van der Waals surface area contributed by atoms with E-state index in [1.807, 2.05) is 54.8 Å². The van der Waals surface area contributed by atoms with Gasteiger partial charge < -0.3 is 14.4 Å². The summed E-state index contributed by atoms with van der Waals surface area (Å²) in [7, 11) is 0. The van der Waals surface area contributed by atoms with Gasteiger partial charge >= 0.3 is 0 Å². The second-order valence-corrected chi connectivity index (χ2v) is 6.98. The molecule has 0 radical (unpaired) electrons. The number of rotatable bonds is 6. The zero-order valence-corrected chi connectivity index (χ0v) is 15.4. The Morgan fingerprint density at radius 1 is 1.19 bits per heavy atom. The summed E-state index contributed by atoms with van der Waals surface area (Å²) in [5.74, 6) is 1.47. The van der Waals surface area contributed by atoms with Crippen molar-refractivity contribution < 1.29 is 9.32 Å². The summed E-state index contributed by atoms with van der Waals surface area (Å²) in [6.45, 7) is 2.56. The molecular formula is C19H17N5O2S. The molecule has 4 rings (SSSR count). The molecule has 3 heterocycles. The number of thiophene rings is 1. The Bertz CT molecular complexity index is 1040. The van der Waals surface area contributed by atoms with Crippen LogP contribution in [0.1, 0.15) is 10.7 Å². The largest absolute Gasteiger partial charge is 0.350 e. The summed E-state index contributed by atoms with van der Waals surface area (Å²) < 4.78 is 7.10. The molecule has 27 heavy (non-hydrogen) atoms. The summed E-state index contributed by atoms with van der Waals surface area (Å²) in [6, 6.07) is 13.5. The van der Waals surface area contributed by atoms with Crippen molar-refractivity contribution in [1.82, 2.24) is 25.0 Å². The Morgan fingerprint density at radius 3 is 2.81 bits per heavy atom. The third-order valence-electron chi connectivity index (χ3n) is 4.01. The van der Waals surface area contributed by atoms with E-state index in [0.29, 0.717) is 29.8 Å². The second kappa shape index (κ2) is 7.55. The molecule has 0 unspecified atom stereocenters. The highest BCUT2D eigenvalue weighted by Gasteiger charge is 2.15. The minimum atomic E-state index is -0.0754. The average Bonchev–Trinajstić information content (AvgIpc) is 3.43. The zero-order valence-electron chi connectivity index (χ0n) is 14.6. The first kappa shape index (κ1) is 17.2. The standard InChI is InChI=1S/C19H17N5O2S/c1-13-21-16(18-22-19(26-23-18)14-6-3-2-4-7-14)11-24(13)12-17(25)20-10-15-8-5-9-27-15/h2-9,11H,10,12H2,1H3,(H,20,25). The summed E-state index contributed by atoms with van der Waals surface area (Å²) in [5, 5.41) is 8.90. The van der Waals surface area contributed by atoms with Crippen LogP contribution in [0.5, 0.6) is 0 Å². The van der Waals surface area contributed by atoms with Crippen molar-refractivity contribution in [2.75, 3.05) is 0 Å². The van der Waals surface area contributed by atoms with Crippen LogP contribution in [-0.4, -0.2) is 25.6 Å². The van der Waals surface area contributed by atoms with Crippen molar-refractivity contribution in [3.63, 3.8) is 0 Å². The van der Waals surface area contributed by atoms with E-state index < -0.39 is 0 Å². The van der Waals surface area contributed by atoms with Crippen molar-refractivity contribution >= 4 is 17.2 Å². The highest BCUT2D eigenvalue weighted by Crippen LogP contribution is 2.21. The first-order valence-electron chi connectivity index (χ1n) is 8.41. The van der Waals surface area contributed by atoms with E-state index >= 15 is 0 Å². The molecule has 0 aliphatic carbocycles. The maximum atomic E-state index is 12.2. The molecule has 7 nitrogen and oxygen atoms in total. The number of hydrogen-bond donors (Lipinski definition) is 1. The molecule has 3 aromatic heterocycles. The fraction of sp³-hybridized carbons (Fsp3) is 0.158. The van der Waals surface area contributed by atoms with Crippen LogP contribution < -0.4 is 5.32 Å². The van der Waals surface area contributed by atoms with Crippen LogP contribution in [0.4, 0.5) is 0 Å². The van der Waals surface area contributed by atoms with Gasteiger partial charge in [-0.25, -0.2) is 4.98 Å². The molecule has 0 spiro atoms. The lowest BCUT2D eigenvalue weighted by atomic mass is 10.2. The lowest BCUT2D eigenvalue weighted by molar-refractivity contribution is -0.121. The molecule has 0 aliphatic heterocycles. The molecule has 8 heteroatoms. The average molecular weight is 379 g/mol. The number of imidazole rings is 1. The van der Waals surface area contributed by atoms with Gasteiger partial charge in [-0.15, -0.1) is 11.3 Å². The maximum absolute atomic E-state index is 12.2. The maximum Gasteiger partial charge on any atom is 0.258 e. The molecule has 0 saturated carbocycles. The fourth-order valence-corrected chi connectivity index (χ4v) is 3.26. The highest BCUT2D eigenvalue weighted by molar-refractivity contribution is 7.09. The third kappa shape index (κ3) is 3.95. The molecular weight excluding hydrogens is 362 g/mol. The Kier molecular flexibility index (Phi) is 4.80. The van der Waals surface area contributed by atoms with Crippen LogP contribution in [0.2, 0.25) is 0 Å². The lowest BCUT2D eigenvalue weighted by Gasteiger charge is -2.05. The second-order valence-electron chi connectivity index (χ2n) is 5.95. The predicted molar refractivity (Wildman–Crippen MR) is 102 cm³/mol. The van der Waals surface area contributed by atoms with Crippen molar-refractivity contribution in [2.45, 2.75) is 20.0 Å². The number of carbonyl (C=O) groups is 1. The molecule has 0 fully saturated rings. The first-order valence-corrected chi connectivity index (χ1v) is 9.29. The van der Waals surface area contributed by atoms with Gasteiger partial charge in [-0.1, -0.05) is 29.4 Å². The van der Waals surface area contributed by atoms with Gasteiger partial charge in [0.15, 0.2) is 0 Å². The van der Waals surface area contributed by atoms with E-state index in [1.165, 1.54) is 0 Å². The number of hydrogen-bond acceptors (Lipinski definition) is 6. The molecule has 4 aromatic rings. The molecule has 0 saturated heterocycles. The van der Waals surface area contributed by atoms with Crippen molar-refractivity contribution in [2.24, 2.45) is 0 Å². The van der Waals surface area contributed by atoms with E-state index in [9.17, 15) is 4.79 Å². The number of aryl methyl sites for hydroxylation is 1. The van der Waals surface area contributed by atoms with Crippen molar-refractivity contribution in [3.8, 4) is 23.0 Å². The molecule has 1 aromatic carbocycles. The first-order chi connectivity index (χ1) is 13.2. The van der Waals surface area contributed by atoms with E-state index in [1.54, 1.807) is 22.1 Å². The monoisotopic (exact) mass is 379 g/mol. The quantitative estimate of drug-likeness (QED) is 0.556. The molecule has 1 N–H and O–H groups in total. The third-order valence-corrected chi connectivity index (χ3v) is 4.88. The number of benzene rings is 1. The van der Waals surface area contributed by atoms with E-state index in [-0.39, 0.29) is 12.5 Å². The minimum absolute atomic E-state index is 0.0754.